The van der Waals surface area contributed by atoms with Crippen LogP contribution in [-0.4, -0.2) is 19.9 Å². The number of aryl methyl sites for hydroxylation is 1. The number of nitrogens with zero attached hydrogens (tertiary/aromatic N) is 4. The summed E-state index contributed by atoms with van der Waals surface area (Å²) in [5, 5.41) is 11.8. The summed E-state index contributed by atoms with van der Waals surface area (Å²) in [6.45, 7) is 0.822. The number of aromatic nitrogens is 4. The van der Waals surface area contributed by atoms with Gasteiger partial charge < -0.3 is 9.84 Å². The van der Waals surface area contributed by atoms with E-state index >= 15 is 0 Å². The lowest BCUT2D eigenvalue weighted by atomic mass is 9.96. The van der Waals surface area contributed by atoms with Gasteiger partial charge in [0.15, 0.2) is 0 Å². The first-order chi connectivity index (χ1) is 10.3. The van der Waals surface area contributed by atoms with E-state index in [-0.39, 0.29) is 6.04 Å². The van der Waals surface area contributed by atoms with Gasteiger partial charge in [-0.15, -0.1) is 0 Å². The van der Waals surface area contributed by atoms with Crippen molar-refractivity contribution in [1.29, 1.82) is 0 Å². The maximum atomic E-state index is 5.41. The highest BCUT2D eigenvalue weighted by molar-refractivity contribution is 5.46. The normalized spacial score (nSPS) is 17.7. The van der Waals surface area contributed by atoms with Crippen LogP contribution in [0.25, 0.3) is 11.5 Å². The van der Waals surface area contributed by atoms with Gasteiger partial charge in [0, 0.05) is 19.8 Å². The Hall–Kier alpha value is -2.47. The maximum absolute atomic E-state index is 5.41. The number of hydrogen-bond donors (Lipinski definition) is 1. The fourth-order valence-corrected chi connectivity index (χ4v) is 2.64. The number of rotatable bonds is 2. The van der Waals surface area contributed by atoms with Crippen molar-refractivity contribution in [3.63, 3.8) is 0 Å². The van der Waals surface area contributed by atoms with Crippen LogP contribution in [0.5, 0.6) is 0 Å². The molecular formula is C15H15N5O. The van der Waals surface area contributed by atoms with Crippen LogP contribution in [-0.2, 0) is 20.0 Å². The minimum absolute atomic E-state index is 0.0601. The summed E-state index contributed by atoms with van der Waals surface area (Å²) in [4.78, 5) is 4.47. The lowest BCUT2D eigenvalue weighted by molar-refractivity contribution is 0.321. The summed E-state index contributed by atoms with van der Waals surface area (Å²) in [6, 6.07) is 10.4. The van der Waals surface area contributed by atoms with Crippen molar-refractivity contribution in [1.82, 2.24) is 25.2 Å². The summed E-state index contributed by atoms with van der Waals surface area (Å²) in [5.74, 6) is 1.15. The zero-order valence-corrected chi connectivity index (χ0v) is 11.7. The van der Waals surface area contributed by atoms with E-state index in [1.165, 1.54) is 11.1 Å². The van der Waals surface area contributed by atoms with Gasteiger partial charge in [-0.05, 0) is 23.6 Å². The number of fused-ring (bicyclic) bond motifs is 1. The largest absolute Gasteiger partial charge is 0.337 e. The molecule has 1 atom stereocenters. The number of nitrogens with one attached hydrogen (secondary N) is 1. The predicted molar refractivity (Wildman–Crippen MR) is 76.2 cm³/mol. The first-order valence-corrected chi connectivity index (χ1v) is 6.93. The third-order valence-corrected chi connectivity index (χ3v) is 3.76. The molecule has 4 rings (SSSR count). The van der Waals surface area contributed by atoms with Crippen LogP contribution in [0.1, 0.15) is 23.1 Å². The number of hydrogen-bond acceptors (Lipinski definition) is 5. The molecule has 1 N–H and O–H groups in total. The number of benzene rings is 1. The van der Waals surface area contributed by atoms with E-state index in [1.807, 2.05) is 19.3 Å². The molecule has 106 valence electrons. The molecule has 1 aliphatic rings. The summed E-state index contributed by atoms with van der Waals surface area (Å²) in [7, 11) is 1.87. The van der Waals surface area contributed by atoms with Gasteiger partial charge in [0.05, 0.1) is 6.04 Å². The first kappa shape index (κ1) is 12.3. The minimum atomic E-state index is 0.0601. The van der Waals surface area contributed by atoms with Crippen molar-refractivity contribution < 1.29 is 4.52 Å². The van der Waals surface area contributed by atoms with Gasteiger partial charge in [0.25, 0.3) is 0 Å². The van der Waals surface area contributed by atoms with Gasteiger partial charge >= 0.3 is 0 Å². The van der Waals surface area contributed by atoms with Crippen molar-refractivity contribution in [3.05, 3.63) is 53.5 Å². The van der Waals surface area contributed by atoms with Crippen LogP contribution in [0.15, 0.2) is 41.1 Å². The minimum Gasteiger partial charge on any atom is -0.337 e. The molecule has 3 heterocycles. The topological polar surface area (TPSA) is 68.8 Å². The standard InChI is InChI=1S/C15H15N5O/c1-20-7-6-12(18-20)14-17-15(21-19-14)13-8-10-4-2-3-5-11(10)9-16-13/h2-7,13,16H,8-9H2,1H3. The van der Waals surface area contributed by atoms with E-state index in [4.69, 9.17) is 4.52 Å². The molecule has 2 aromatic heterocycles. The summed E-state index contributed by atoms with van der Waals surface area (Å²) < 4.78 is 7.13. The van der Waals surface area contributed by atoms with Gasteiger partial charge in [0.1, 0.15) is 5.69 Å². The lowest BCUT2D eigenvalue weighted by Crippen LogP contribution is -2.28. The van der Waals surface area contributed by atoms with Gasteiger partial charge in [-0.2, -0.15) is 10.1 Å². The predicted octanol–water partition coefficient (Wildman–Crippen LogP) is 1.86. The molecule has 0 saturated carbocycles. The van der Waals surface area contributed by atoms with Crippen molar-refractivity contribution in [3.8, 4) is 11.5 Å². The Morgan fingerprint density at radius 3 is 2.90 bits per heavy atom. The second kappa shape index (κ2) is 4.82. The van der Waals surface area contributed by atoms with Gasteiger partial charge in [-0.1, -0.05) is 29.4 Å². The van der Waals surface area contributed by atoms with E-state index in [0.717, 1.165) is 18.7 Å². The molecule has 0 bridgehead atoms. The van der Waals surface area contributed by atoms with Crippen LogP contribution in [0.4, 0.5) is 0 Å². The summed E-state index contributed by atoms with van der Waals surface area (Å²) in [5.41, 5.74) is 3.39. The van der Waals surface area contributed by atoms with E-state index in [1.54, 1.807) is 4.68 Å². The molecule has 1 aromatic carbocycles. The van der Waals surface area contributed by atoms with E-state index in [9.17, 15) is 0 Å². The first-order valence-electron chi connectivity index (χ1n) is 6.93. The van der Waals surface area contributed by atoms with Crippen LogP contribution in [0.3, 0.4) is 0 Å². The fraction of sp³-hybridized carbons (Fsp3) is 0.267. The highest BCUT2D eigenvalue weighted by atomic mass is 16.5. The molecule has 6 nitrogen and oxygen atoms in total. The molecule has 6 heteroatoms. The Labute approximate surface area is 121 Å². The molecule has 0 radical (unpaired) electrons. The highest BCUT2D eigenvalue weighted by Crippen LogP contribution is 2.26. The zero-order valence-electron chi connectivity index (χ0n) is 11.7. The molecule has 1 aliphatic heterocycles. The van der Waals surface area contributed by atoms with E-state index in [2.05, 4.69) is 44.8 Å². The lowest BCUT2D eigenvalue weighted by Gasteiger charge is -2.23. The van der Waals surface area contributed by atoms with Crippen molar-refractivity contribution in [2.75, 3.05) is 0 Å². The third kappa shape index (κ3) is 2.23. The molecule has 0 aliphatic carbocycles. The molecule has 0 fully saturated rings. The monoisotopic (exact) mass is 281 g/mol. The van der Waals surface area contributed by atoms with Crippen molar-refractivity contribution >= 4 is 0 Å². The fourth-order valence-electron chi connectivity index (χ4n) is 2.64. The van der Waals surface area contributed by atoms with Crippen LogP contribution < -0.4 is 5.32 Å². The second-order valence-electron chi connectivity index (χ2n) is 5.24. The Balaban J connectivity index is 1.60. The highest BCUT2D eigenvalue weighted by Gasteiger charge is 2.24. The third-order valence-electron chi connectivity index (χ3n) is 3.76. The second-order valence-corrected chi connectivity index (χ2v) is 5.24. The molecule has 3 aromatic rings. The molecule has 0 saturated heterocycles. The van der Waals surface area contributed by atoms with Gasteiger partial charge in [-0.25, -0.2) is 0 Å². The van der Waals surface area contributed by atoms with Crippen molar-refractivity contribution in [2.24, 2.45) is 7.05 Å². The van der Waals surface area contributed by atoms with Gasteiger partial charge in [-0.3, -0.25) is 4.68 Å². The summed E-state index contributed by atoms with van der Waals surface area (Å²) >= 11 is 0. The van der Waals surface area contributed by atoms with E-state index < -0.39 is 0 Å². The zero-order chi connectivity index (χ0) is 14.2. The molecular weight excluding hydrogens is 266 g/mol. The Morgan fingerprint density at radius 1 is 1.24 bits per heavy atom. The SMILES string of the molecule is Cn1ccc(-c2noc(C3Cc4ccccc4CN3)n2)n1. The van der Waals surface area contributed by atoms with Crippen LogP contribution >= 0.6 is 0 Å². The Morgan fingerprint density at radius 2 is 2.10 bits per heavy atom. The Kier molecular flexibility index (Phi) is 2.82. The molecule has 0 spiro atoms. The van der Waals surface area contributed by atoms with Crippen LogP contribution in [0, 0.1) is 0 Å². The average molecular weight is 281 g/mol. The van der Waals surface area contributed by atoms with Crippen LogP contribution in [0.2, 0.25) is 0 Å². The average Bonchev–Trinajstić information content (AvgIpc) is 3.15. The molecule has 0 amide bonds. The van der Waals surface area contributed by atoms with Gasteiger partial charge in [0.2, 0.25) is 11.7 Å². The molecule has 21 heavy (non-hydrogen) atoms. The quantitative estimate of drug-likeness (QED) is 0.776. The summed E-state index contributed by atoms with van der Waals surface area (Å²) in [6.07, 6.45) is 2.72. The van der Waals surface area contributed by atoms with Crippen molar-refractivity contribution in [2.45, 2.75) is 19.0 Å². The maximum Gasteiger partial charge on any atom is 0.244 e. The Bertz CT molecular complexity index is 776. The smallest absolute Gasteiger partial charge is 0.244 e. The van der Waals surface area contributed by atoms with E-state index in [0.29, 0.717) is 11.7 Å². The molecule has 1 unspecified atom stereocenters.